The van der Waals surface area contributed by atoms with Gasteiger partial charge in [-0.2, -0.15) is 0 Å². The van der Waals surface area contributed by atoms with E-state index in [1.807, 2.05) is 62.4 Å². The molecule has 0 radical (unpaired) electrons. The third-order valence-corrected chi connectivity index (χ3v) is 6.45. The first-order chi connectivity index (χ1) is 17.9. The van der Waals surface area contributed by atoms with E-state index >= 15 is 0 Å². The van der Waals surface area contributed by atoms with Crippen LogP contribution in [-0.4, -0.2) is 28.7 Å². The number of nitrogens with zero attached hydrogens (tertiary/aromatic N) is 2. The Kier molecular flexibility index (Phi) is 8.83. The molecule has 1 amide bonds. The first-order valence-corrected chi connectivity index (χ1v) is 13.0. The van der Waals surface area contributed by atoms with Gasteiger partial charge in [-0.1, -0.05) is 56.3 Å². The lowest BCUT2D eigenvalue weighted by atomic mass is 10.0. The van der Waals surface area contributed by atoms with Gasteiger partial charge in [-0.15, -0.1) is 0 Å². The minimum Gasteiger partial charge on any atom is -0.493 e. The van der Waals surface area contributed by atoms with Gasteiger partial charge in [0, 0.05) is 6.54 Å². The summed E-state index contributed by atoms with van der Waals surface area (Å²) in [5.74, 6) is 2.80. The number of carbonyl (C=O) groups excluding carboxylic acids is 1. The van der Waals surface area contributed by atoms with Crippen LogP contribution in [0.15, 0.2) is 66.7 Å². The van der Waals surface area contributed by atoms with Gasteiger partial charge in [0.1, 0.15) is 17.3 Å². The summed E-state index contributed by atoms with van der Waals surface area (Å²) < 4.78 is 14.1. The van der Waals surface area contributed by atoms with Crippen molar-refractivity contribution in [2.24, 2.45) is 0 Å². The number of carbonyl (C=O) groups is 1. The average molecular weight is 500 g/mol. The number of aryl methyl sites for hydroxylation is 3. The summed E-state index contributed by atoms with van der Waals surface area (Å²) in [5.41, 5.74) is 5.36. The number of imidazole rings is 1. The van der Waals surface area contributed by atoms with Gasteiger partial charge in [0.05, 0.1) is 24.2 Å². The molecule has 6 heteroatoms. The number of nitrogens with one attached hydrogen (secondary N) is 1. The van der Waals surface area contributed by atoms with Gasteiger partial charge in [-0.05, 0) is 73.6 Å². The summed E-state index contributed by atoms with van der Waals surface area (Å²) in [7, 11) is 0. The predicted molar refractivity (Wildman–Crippen MR) is 148 cm³/mol. The second kappa shape index (κ2) is 12.4. The quantitative estimate of drug-likeness (QED) is 0.231. The van der Waals surface area contributed by atoms with Crippen molar-refractivity contribution in [2.45, 2.75) is 59.5 Å². The molecule has 0 aliphatic carbocycles. The normalized spacial score (nSPS) is 11.2. The van der Waals surface area contributed by atoms with Gasteiger partial charge in [0.25, 0.3) is 5.91 Å². The number of benzene rings is 3. The third-order valence-electron chi connectivity index (χ3n) is 6.45. The average Bonchev–Trinajstić information content (AvgIpc) is 3.25. The Morgan fingerprint density at radius 1 is 0.946 bits per heavy atom. The number of hydrogen-bond acceptors (Lipinski definition) is 4. The smallest absolute Gasteiger partial charge is 0.258 e. The topological polar surface area (TPSA) is 65.4 Å². The molecule has 1 aromatic heterocycles. The SMILES string of the molecule is Cc1ccc(C)c(OCC(=O)NCc2nc3ccccc3n2CCCCOc2ccccc2C(C)C)c1. The fraction of sp³-hybridized carbons (Fsp3) is 0.355. The first-order valence-electron chi connectivity index (χ1n) is 13.0. The molecule has 1 N–H and O–H groups in total. The minimum absolute atomic E-state index is 0.0281. The summed E-state index contributed by atoms with van der Waals surface area (Å²) >= 11 is 0. The van der Waals surface area contributed by atoms with E-state index < -0.39 is 0 Å². The largest absolute Gasteiger partial charge is 0.493 e. The number of para-hydroxylation sites is 3. The zero-order chi connectivity index (χ0) is 26.2. The van der Waals surface area contributed by atoms with Crippen molar-refractivity contribution in [3.8, 4) is 11.5 Å². The Labute approximate surface area is 219 Å². The number of ether oxygens (including phenoxy) is 2. The van der Waals surface area contributed by atoms with Crippen LogP contribution in [-0.2, 0) is 17.9 Å². The zero-order valence-corrected chi connectivity index (χ0v) is 22.3. The van der Waals surface area contributed by atoms with Gasteiger partial charge in [0.15, 0.2) is 6.61 Å². The van der Waals surface area contributed by atoms with E-state index in [9.17, 15) is 4.79 Å². The van der Waals surface area contributed by atoms with Gasteiger partial charge < -0.3 is 19.4 Å². The molecule has 0 bridgehead atoms. The molecule has 0 saturated carbocycles. The van der Waals surface area contributed by atoms with Crippen LogP contribution >= 0.6 is 0 Å². The molecule has 0 aliphatic rings. The lowest BCUT2D eigenvalue weighted by Crippen LogP contribution is -2.29. The van der Waals surface area contributed by atoms with Crippen LogP contribution in [0.3, 0.4) is 0 Å². The summed E-state index contributed by atoms with van der Waals surface area (Å²) in [6.45, 7) is 10.1. The van der Waals surface area contributed by atoms with Crippen molar-refractivity contribution in [2.75, 3.05) is 13.2 Å². The van der Waals surface area contributed by atoms with Crippen molar-refractivity contribution in [1.29, 1.82) is 0 Å². The second-order valence-electron chi connectivity index (χ2n) is 9.75. The van der Waals surface area contributed by atoms with Crippen LogP contribution in [0.1, 0.15) is 55.1 Å². The molecule has 0 aliphatic heterocycles. The highest BCUT2D eigenvalue weighted by Crippen LogP contribution is 2.26. The third kappa shape index (κ3) is 6.91. The number of rotatable bonds is 12. The maximum absolute atomic E-state index is 12.5. The van der Waals surface area contributed by atoms with Crippen molar-refractivity contribution in [3.05, 3.63) is 89.2 Å². The number of amides is 1. The van der Waals surface area contributed by atoms with Gasteiger partial charge in [-0.25, -0.2) is 4.98 Å². The number of unbranched alkanes of at least 4 members (excludes halogenated alkanes) is 1. The minimum atomic E-state index is -0.170. The lowest BCUT2D eigenvalue weighted by molar-refractivity contribution is -0.123. The maximum atomic E-state index is 12.5. The molecule has 37 heavy (non-hydrogen) atoms. The van der Waals surface area contributed by atoms with Crippen LogP contribution in [0.25, 0.3) is 11.0 Å². The fourth-order valence-corrected chi connectivity index (χ4v) is 4.39. The van der Waals surface area contributed by atoms with E-state index in [4.69, 9.17) is 14.5 Å². The summed E-state index contributed by atoms with van der Waals surface area (Å²) in [6, 6.07) is 22.3. The van der Waals surface area contributed by atoms with Gasteiger partial charge >= 0.3 is 0 Å². The Balaban J connectivity index is 1.32. The predicted octanol–water partition coefficient (Wildman–Crippen LogP) is 6.33. The van der Waals surface area contributed by atoms with Crippen molar-refractivity contribution in [3.63, 3.8) is 0 Å². The van der Waals surface area contributed by atoms with E-state index in [0.29, 0.717) is 19.1 Å². The molecule has 0 saturated heterocycles. The Morgan fingerprint density at radius 3 is 2.57 bits per heavy atom. The number of hydrogen-bond donors (Lipinski definition) is 1. The maximum Gasteiger partial charge on any atom is 0.258 e. The number of aromatic nitrogens is 2. The summed E-state index contributed by atoms with van der Waals surface area (Å²) in [4.78, 5) is 17.3. The molecular weight excluding hydrogens is 462 g/mol. The molecule has 194 valence electrons. The van der Waals surface area contributed by atoms with Gasteiger partial charge in [-0.3, -0.25) is 4.79 Å². The van der Waals surface area contributed by atoms with Crippen molar-refractivity contribution >= 4 is 16.9 Å². The van der Waals surface area contributed by atoms with E-state index in [0.717, 1.165) is 58.9 Å². The standard InChI is InChI=1S/C31H37N3O3/c1-22(2)25-11-5-8-14-28(25)36-18-10-9-17-34-27-13-7-6-12-26(27)33-30(34)20-32-31(35)21-37-29-19-23(3)15-16-24(29)4/h5-8,11-16,19,22H,9-10,17-18,20-21H2,1-4H3,(H,32,35). The van der Waals surface area contributed by atoms with Crippen molar-refractivity contribution in [1.82, 2.24) is 14.9 Å². The van der Waals surface area contributed by atoms with Crippen LogP contribution in [0.5, 0.6) is 11.5 Å². The molecule has 4 aromatic rings. The highest BCUT2D eigenvalue weighted by atomic mass is 16.5. The van der Waals surface area contributed by atoms with E-state index in [-0.39, 0.29) is 12.5 Å². The number of fused-ring (bicyclic) bond motifs is 1. The van der Waals surface area contributed by atoms with Crippen LogP contribution < -0.4 is 14.8 Å². The zero-order valence-electron chi connectivity index (χ0n) is 22.3. The van der Waals surface area contributed by atoms with E-state index in [1.165, 1.54) is 5.56 Å². The van der Waals surface area contributed by atoms with E-state index in [1.54, 1.807) is 0 Å². The Bertz CT molecular complexity index is 1340. The molecule has 3 aromatic carbocycles. The Hall–Kier alpha value is -3.80. The highest BCUT2D eigenvalue weighted by Gasteiger charge is 2.13. The molecule has 0 fully saturated rings. The van der Waals surface area contributed by atoms with E-state index in [2.05, 4.69) is 41.9 Å². The van der Waals surface area contributed by atoms with Crippen LogP contribution in [0.4, 0.5) is 0 Å². The molecule has 0 atom stereocenters. The second-order valence-corrected chi connectivity index (χ2v) is 9.75. The molecule has 1 heterocycles. The summed E-state index contributed by atoms with van der Waals surface area (Å²) in [5, 5.41) is 2.97. The van der Waals surface area contributed by atoms with Gasteiger partial charge in [0.2, 0.25) is 0 Å². The Morgan fingerprint density at radius 2 is 1.73 bits per heavy atom. The summed E-state index contributed by atoms with van der Waals surface area (Å²) in [6.07, 6.45) is 1.87. The van der Waals surface area contributed by atoms with Crippen LogP contribution in [0.2, 0.25) is 0 Å². The molecule has 6 nitrogen and oxygen atoms in total. The lowest BCUT2D eigenvalue weighted by Gasteiger charge is -2.14. The fourth-order valence-electron chi connectivity index (χ4n) is 4.39. The molecule has 4 rings (SSSR count). The van der Waals surface area contributed by atoms with Crippen LogP contribution in [0, 0.1) is 13.8 Å². The molecular formula is C31H37N3O3. The molecule has 0 spiro atoms. The monoisotopic (exact) mass is 499 g/mol. The highest BCUT2D eigenvalue weighted by molar-refractivity contribution is 5.78. The first kappa shape index (κ1) is 26.3. The van der Waals surface area contributed by atoms with Crippen molar-refractivity contribution < 1.29 is 14.3 Å². The molecule has 0 unspecified atom stereocenters.